The largest absolute Gasteiger partial charge is 0.394 e. The van der Waals surface area contributed by atoms with Crippen LogP contribution in [0.15, 0.2) is 17.1 Å². The van der Waals surface area contributed by atoms with Crippen molar-refractivity contribution in [1.29, 1.82) is 0 Å². The van der Waals surface area contributed by atoms with Gasteiger partial charge in [0.2, 0.25) is 0 Å². The summed E-state index contributed by atoms with van der Waals surface area (Å²) in [6, 6.07) is 1.33. The second-order valence-corrected chi connectivity index (χ2v) is 4.15. The van der Waals surface area contributed by atoms with E-state index in [1.54, 1.807) is 0 Å². The molecule has 1 saturated heterocycles. The highest BCUT2D eigenvalue weighted by Gasteiger charge is 2.55. The number of hydrogen-bond acceptors (Lipinski definition) is 7. The van der Waals surface area contributed by atoms with Gasteiger partial charge < -0.3 is 25.8 Å². The lowest BCUT2D eigenvalue weighted by Gasteiger charge is -2.23. The molecule has 0 spiro atoms. The number of terminal acetylenes is 1. The lowest BCUT2D eigenvalue weighted by molar-refractivity contribution is -0.0624. The standard InChI is InChI=1S/C11H13N3O5.ClH/c1-2-11(18)6(5-15)19-9(8(11)16)14-4-3-7(12)13-10(14)17;/h1,3-4,6,8-9,15-16,18H,5H2,(H2,12,13,17);1H/t6-,8+,9-,11-;/m1./s1. The maximum absolute atomic E-state index is 11.7. The van der Waals surface area contributed by atoms with Crippen LogP contribution in [-0.2, 0) is 4.74 Å². The Morgan fingerprint density at radius 1 is 1.65 bits per heavy atom. The van der Waals surface area contributed by atoms with Crippen molar-refractivity contribution in [2.75, 3.05) is 12.3 Å². The van der Waals surface area contributed by atoms with Crippen molar-refractivity contribution in [2.45, 2.75) is 24.0 Å². The average molecular weight is 304 g/mol. The molecule has 0 aliphatic carbocycles. The molecule has 0 saturated carbocycles. The summed E-state index contributed by atoms with van der Waals surface area (Å²) in [6.07, 6.45) is 2.37. The number of nitrogens with two attached hydrogens (primary N) is 1. The van der Waals surface area contributed by atoms with Crippen molar-refractivity contribution >= 4 is 18.2 Å². The Morgan fingerprint density at radius 3 is 2.75 bits per heavy atom. The quantitative estimate of drug-likeness (QED) is 0.459. The number of ether oxygens (including phenoxy) is 1. The van der Waals surface area contributed by atoms with E-state index in [2.05, 4.69) is 4.98 Å². The van der Waals surface area contributed by atoms with Gasteiger partial charge in [-0.05, 0) is 6.07 Å². The first-order valence-electron chi connectivity index (χ1n) is 5.43. The molecule has 8 nitrogen and oxygen atoms in total. The lowest BCUT2D eigenvalue weighted by Crippen LogP contribution is -2.48. The third-order valence-electron chi connectivity index (χ3n) is 3.04. The Kier molecular flexibility index (Phi) is 4.75. The third-order valence-corrected chi connectivity index (χ3v) is 3.04. The van der Waals surface area contributed by atoms with E-state index in [-0.39, 0.29) is 18.2 Å². The molecule has 1 aromatic heterocycles. The van der Waals surface area contributed by atoms with Crippen LogP contribution in [0, 0.1) is 12.3 Å². The monoisotopic (exact) mass is 303 g/mol. The molecule has 1 aromatic rings. The number of aromatic nitrogens is 2. The topological polar surface area (TPSA) is 131 Å². The zero-order valence-electron chi connectivity index (χ0n) is 10.2. The van der Waals surface area contributed by atoms with E-state index in [9.17, 15) is 15.0 Å². The summed E-state index contributed by atoms with van der Waals surface area (Å²) in [5.74, 6) is 2.00. The van der Waals surface area contributed by atoms with Crippen molar-refractivity contribution in [3.05, 3.63) is 22.7 Å². The van der Waals surface area contributed by atoms with E-state index >= 15 is 0 Å². The predicted molar refractivity (Wildman–Crippen MR) is 70.9 cm³/mol. The zero-order chi connectivity index (χ0) is 14.2. The van der Waals surface area contributed by atoms with Crippen LogP contribution < -0.4 is 11.4 Å². The van der Waals surface area contributed by atoms with Crippen LogP contribution >= 0.6 is 12.4 Å². The van der Waals surface area contributed by atoms with Gasteiger partial charge in [-0.25, -0.2) is 4.79 Å². The molecule has 1 aliphatic rings. The minimum atomic E-state index is -2.08. The molecule has 4 atom stereocenters. The van der Waals surface area contributed by atoms with E-state index < -0.39 is 36.3 Å². The molecule has 110 valence electrons. The van der Waals surface area contributed by atoms with Crippen LogP contribution in [0.5, 0.6) is 0 Å². The number of hydrogen-bond donors (Lipinski definition) is 4. The SMILES string of the molecule is C#C[C@@]1(O)[C@@H](CO)O[C@@H](n2ccc(N)nc2=O)[C@@H]1O.Cl. The van der Waals surface area contributed by atoms with Crippen LogP contribution in [0.1, 0.15) is 6.23 Å². The molecule has 1 fully saturated rings. The van der Waals surface area contributed by atoms with E-state index in [0.29, 0.717) is 0 Å². The minimum Gasteiger partial charge on any atom is -0.394 e. The van der Waals surface area contributed by atoms with E-state index in [1.165, 1.54) is 12.3 Å². The normalized spacial score (nSPS) is 32.4. The molecule has 5 N–H and O–H groups in total. The maximum Gasteiger partial charge on any atom is 0.351 e. The summed E-state index contributed by atoms with van der Waals surface area (Å²) in [5.41, 5.74) is 2.50. The first kappa shape index (κ1) is 16.4. The Labute approximate surface area is 120 Å². The minimum absolute atomic E-state index is 0. The van der Waals surface area contributed by atoms with Gasteiger partial charge in [-0.2, -0.15) is 4.98 Å². The molecule has 1 aliphatic heterocycles. The van der Waals surface area contributed by atoms with Gasteiger partial charge in [0.15, 0.2) is 11.8 Å². The Bertz CT molecular complexity index is 586. The first-order chi connectivity index (χ1) is 8.93. The maximum atomic E-state index is 11.7. The van der Waals surface area contributed by atoms with Gasteiger partial charge in [-0.3, -0.25) is 4.57 Å². The fourth-order valence-corrected chi connectivity index (χ4v) is 1.95. The number of aliphatic hydroxyl groups is 3. The van der Waals surface area contributed by atoms with Crippen LogP contribution in [0.25, 0.3) is 0 Å². The Morgan fingerprint density at radius 2 is 2.30 bits per heavy atom. The summed E-state index contributed by atoms with van der Waals surface area (Å²) >= 11 is 0. The molecular weight excluding hydrogens is 290 g/mol. The van der Waals surface area contributed by atoms with Crippen LogP contribution in [-0.4, -0.2) is 49.3 Å². The van der Waals surface area contributed by atoms with Gasteiger partial charge in [0.05, 0.1) is 6.61 Å². The molecule has 0 amide bonds. The molecule has 0 aromatic carbocycles. The van der Waals surface area contributed by atoms with Gasteiger partial charge in [0.25, 0.3) is 0 Å². The van der Waals surface area contributed by atoms with Crippen LogP contribution in [0.3, 0.4) is 0 Å². The highest BCUT2D eigenvalue weighted by atomic mass is 35.5. The second kappa shape index (κ2) is 5.78. The molecule has 0 bridgehead atoms. The molecule has 20 heavy (non-hydrogen) atoms. The number of nitrogen functional groups attached to an aromatic ring is 1. The highest BCUT2D eigenvalue weighted by molar-refractivity contribution is 5.85. The van der Waals surface area contributed by atoms with Gasteiger partial charge in [0.1, 0.15) is 18.0 Å². The van der Waals surface area contributed by atoms with E-state index in [0.717, 1.165) is 4.57 Å². The van der Waals surface area contributed by atoms with Crippen molar-refractivity contribution < 1.29 is 20.1 Å². The van der Waals surface area contributed by atoms with Crippen LogP contribution in [0.4, 0.5) is 5.82 Å². The second-order valence-electron chi connectivity index (χ2n) is 4.15. The molecular formula is C11H14ClN3O5. The summed E-state index contributed by atoms with van der Waals surface area (Å²) in [7, 11) is 0. The third kappa shape index (κ3) is 2.37. The Hall–Kier alpha value is -1.63. The van der Waals surface area contributed by atoms with Crippen molar-refractivity contribution in [1.82, 2.24) is 9.55 Å². The number of nitrogens with zero attached hydrogens (tertiary/aromatic N) is 2. The summed E-state index contributed by atoms with van der Waals surface area (Å²) in [5, 5.41) is 29.2. The molecule has 0 unspecified atom stereocenters. The summed E-state index contributed by atoms with van der Waals surface area (Å²) in [6.45, 7) is -0.606. The number of rotatable bonds is 2. The molecule has 0 radical (unpaired) electrons. The number of halogens is 1. The predicted octanol–water partition coefficient (Wildman–Crippen LogP) is -2.14. The zero-order valence-corrected chi connectivity index (χ0v) is 11.0. The van der Waals surface area contributed by atoms with E-state index in [1.807, 2.05) is 5.92 Å². The fraction of sp³-hybridized carbons (Fsp3) is 0.455. The smallest absolute Gasteiger partial charge is 0.351 e. The van der Waals surface area contributed by atoms with Gasteiger partial charge in [-0.1, -0.05) is 5.92 Å². The van der Waals surface area contributed by atoms with Gasteiger partial charge >= 0.3 is 5.69 Å². The van der Waals surface area contributed by atoms with Crippen molar-refractivity contribution in [2.24, 2.45) is 0 Å². The highest BCUT2D eigenvalue weighted by Crippen LogP contribution is 2.35. The molecule has 9 heteroatoms. The van der Waals surface area contributed by atoms with Crippen LogP contribution in [0.2, 0.25) is 0 Å². The number of aliphatic hydroxyl groups excluding tert-OH is 2. The van der Waals surface area contributed by atoms with E-state index in [4.69, 9.17) is 22.0 Å². The molecule has 2 heterocycles. The number of anilines is 1. The summed E-state index contributed by atoms with van der Waals surface area (Å²) < 4.78 is 6.17. The summed E-state index contributed by atoms with van der Waals surface area (Å²) in [4.78, 5) is 15.1. The van der Waals surface area contributed by atoms with Crippen molar-refractivity contribution in [3.8, 4) is 12.3 Å². The fourth-order valence-electron chi connectivity index (χ4n) is 1.95. The van der Waals surface area contributed by atoms with Gasteiger partial charge in [-0.15, -0.1) is 18.8 Å². The van der Waals surface area contributed by atoms with Gasteiger partial charge in [0, 0.05) is 6.20 Å². The van der Waals surface area contributed by atoms with Crippen molar-refractivity contribution in [3.63, 3.8) is 0 Å². The lowest BCUT2D eigenvalue weighted by atomic mass is 9.93. The molecule has 2 rings (SSSR count). The first-order valence-corrected chi connectivity index (χ1v) is 5.43. The Balaban J connectivity index is 0.00000200. The average Bonchev–Trinajstić information content (AvgIpc) is 2.63.